The Balaban J connectivity index is 1.64. The van der Waals surface area contributed by atoms with E-state index in [-0.39, 0.29) is 11.9 Å². The minimum atomic E-state index is -0.463. The maximum Gasteiger partial charge on any atom is 0.328 e. The lowest BCUT2D eigenvalue weighted by molar-refractivity contribution is -0.149. The Morgan fingerprint density at radius 1 is 1.30 bits per heavy atom. The zero-order valence-corrected chi connectivity index (χ0v) is 17.3. The van der Waals surface area contributed by atoms with Crippen molar-refractivity contribution >= 4 is 35.0 Å². The second-order valence-electron chi connectivity index (χ2n) is 6.50. The van der Waals surface area contributed by atoms with Gasteiger partial charge in [-0.1, -0.05) is 23.9 Å². The van der Waals surface area contributed by atoms with Crippen molar-refractivity contribution < 1.29 is 14.3 Å². The van der Waals surface area contributed by atoms with E-state index in [2.05, 4.69) is 4.98 Å². The topological polar surface area (TPSA) is 59.5 Å². The van der Waals surface area contributed by atoms with Crippen molar-refractivity contribution in [2.24, 2.45) is 0 Å². The number of likely N-dealkylation sites (tertiary alicyclic amines) is 1. The second-order valence-corrected chi connectivity index (χ2v) is 8.58. The van der Waals surface area contributed by atoms with Crippen LogP contribution in [-0.2, 0) is 15.3 Å². The van der Waals surface area contributed by atoms with Crippen LogP contribution in [0.2, 0.25) is 0 Å². The van der Waals surface area contributed by atoms with E-state index in [0.29, 0.717) is 25.1 Å². The number of carbonyl (C=O) groups excluding carboxylic acids is 2. The van der Waals surface area contributed by atoms with Crippen LogP contribution in [0.1, 0.15) is 47.8 Å². The number of rotatable bonds is 6. The molecule has 0 aliphatic carbocycles. The molecule has 144 valence electrons. The summed E-state index contributed by atoms with van der Waals surface area (Å²) in [6.45, 7) is 4.72. The van der Waals surface area contributed by atoms with Gasteiger partial charge in [0.2, 0.25) is 0 Å². The predicted molar refractivity (Wildman–Crippen MR) is 108 cm³/mol. The first-order valence-corrected chi connectivity index (χ1v) is 11.1. The van der Waals surface area contributed by atoms with Gasteiger partial charge in [0.15, 0.2) is 0 Å². The van der Waals surface area contributed by atoms with Gasteiger partial charge in [-0.15, -0.1) is 11.3 Å². The molecular weight excluding hydrogens is 380 g/mol. The van der Waals surface area contributed by atoms with Crippen LogP contribution < -0.4 is 0 Å². The summed E-state index contributed by atoms with van der Waals surface area (Å²) in [6, 6.07) is 7.19. The SMILES string of the molecule is CCOC(=O)C1CCCCN1C(=O)c1ccc(CSc2nc(C)cs2)cc1. The zero-order chi connectivity index (χ0) is 19.2. The molecule has 0 bridgehead atoms. The van der Waals surface area contributed by atoms with Gasteiger partial charge in [-0.25, -0.2) is 9.78 Å². The number of hydrogen-bond acceptors (Lipinski definition) is 6. The Labute approximate surface area is 168 Å². The third kappa shape index (κ3) is 5.11. The summed E-state index contributed by atoms with van der Waals surface area (Å²) < 4.78 is 6.21. The highest BCUT2D eigenvalue weighted by atomic mass is 32.2. The molecule has 2 heterocycles. The smallest absolute Gasteiger partial charge is 0.328 e. The molecule has 7 heteroatoms. The number of carbonyl (C=O) groups is 2. The Morgan fingerprint density at radius 2 is 2.07 bits per heavy atom. The van der Waals surface area contributed by atoms with Crippen molar-refractivity contribution in [2.45, 2.75) is 49.2 Å². The van der Waals surface area contributed by atoms with Gasteiger partial charge in [-0.3, -0.25) is 4.79 Å². The lowest BCUT2D eigenvalue weighted by atomic mass is 10.0. The molecule has 1 amide bonds. The summed E-state index contributed by atoms with van der Waals surface area (Å²) in [7, 11) is 0. The van der Waals surface area contributed by atoms with Crippen LogP contribution in [0.3, 0.4) is 0 Å². The normalized spacial score (nSPS) is 17.0. The molecule has 1 aromatic heterocycles. The number of benzene rings is 1. The summed E-state index contributed by atoms with van der Waals surface area (Å²) in [5.74, 6) is 0.427. The van der Waals surface area contributed by atoms with E-state index in [0.717, 1.165) is 34.2 Å². The quantitative estimate of drug-likeness (QED) is 0.531. The highest BCUT2D eigenvalue weighted by Gasteiger charge is 2.33. The molecule has 3 rings (SSSR count). The lowest BCUT2D eigenvalue weighted by Gasteiger charge is -2.34. The number of aryl methyl sites for hydroxylation is 1. The molecule has 0 saturated carbocycles. The number of thiazole rings is 1. The number of hydrogen-bond donors (Lipinski definition) is 0. The molecule has 0 N–H and O–H groups in total. The number of ether oxygens (including phenoxy) is 1. The van der Waals surface area contributed by atoms with Crippen molar-refractivity contribution in [1.82, 2.24) is 9.88 Å². The number of aromatic nitrogens is 1. The van der Waals surface area contributed by atoms with Crippen LogP contribution >= 0.6 is 23.1 Å². The van der Waals surface area contributed by atoms with Gasteiger partial charge < -0.3 is 9.64 Å². The van der Waals surface area contributed by atoms with Gasteiger partial charge in [0.25, 0.3) is 5.91 Å². The van der Waals surface area contributed by atoms with Gasteiger partial charge in [0, 0.05) is 28.9 Å². The van der Waals surface area contributed by atoms with E-state index in [9.17, 15) is 9.59 Å². The van der Waals surface area contributed by atoms with Crippen molar-refractivity contribution in [3.63, 3.8) is 0 Å². The molecule has 1 aliphatic rings. The van der Waals surface area contributed by atoms with Crippen molar-refractivity contribution in [3.8, 4) is 0 Å². The molecule has 1 aromatic carbocycles. The molecule has 0 radical (unpaired) electrons. The summed E-state index contributed by atoms with van der Waals surface area (Å²) in [4.78, 5) is 31.2. The van der Waals surface area contributed by atoms with E-state index >= 15 is 0 Å². The molecule has 5 nitrogen and oxygen atoms in total. The highest BCUT2D eigenvalue weighted by Crippen LogP contribution is 2.26. The standard InChI is InChI=1S/C20H24N2O3S2/c1-3-25-19(24)17-6-4-5-11-22(17)18(23)16-9-7-15(8-10-16)13-27-20-21-14(2)12-26-20/h7-10,12,17H,3-6,11,13H2,1-2H3. The molecule has 1 fully saturated rings. The van der Waals surface area contributed by atoms with Crippen LogP contribution in [0, 0.1) is 6.92 Å². The summed E-state index contributed by atoms with van der Waals surface area (Å²) in [5.41, 5.74) is 2.80. The molecule has 1 atom stereocenters. The van der Waals surface area contributed by atoms with Gasteiger partial charge >= 0.3 is 5.97 Å². The summed E-state index contributed by atoms with van der Waals surface area (Å²) >= 11 is 3.35. The first-order chi connectivity index (χ1) is 13.1. The third-order valence-corrected chi connectivity index (χ3v) is 6.69. The maximum absolute atomic E-state index is 12.9. The molecule has 27 heavy (non-hydrogen) atoms. The molecule has 1 aliphatic heterocycles. The van der Waals surface area contributed by atoms with E-state index in [4.69, 9.17) is 4.74 Å². The maximum atomic E-state index is 12.9. The van der Waals surface area contributed by atoms with E-state index in [1.807, 2.05) is 36.6 Å². The minimum Gasteiger partial charge on any atom is -0.464 e. The molecular formula is C20H24N2O3S2. The zero-order valence-electron chi connectivity index (χ0n) is 15.6. The van der Waals surface area contributed by atoms with E-state index in [1.54, 1.807) is 34.9 Å². The Bertz CT molecular complexity index is 789. The fourth-order valence-electron chi connectivity index (χ4n) is 3.11. The third-order valence-electron chi connectivity index (χ3n) is 4.48. The van der Waals surface area contributed by atoms with Crippen molar-refractivity contribution in [1.29, 1.82) is 0 Å². The van der Waals surface area contributed by atoms with Crippen LogP contribution in [-0.4, -0.2) is 41.0 Å². The molecule has 2 aromatic rings. The Hall–Kier alpha value is -1.86. The fraction of sp³-hybridized carbons (Fsp3) is 0.450. The number of amides is 1. The number of esters is 1. The second kappa shape index (κ2) is 9.37. The Kier molecular flexibility index (Phi) is 6.90. The summed E-state index contributed by atoms with van der Waals surface area (Å²) in [5, 5.41) is 2.04. The van der Waals surface area contributed by atoms with Crippen LogP contribution in [0.15, 0.2) is 34.0 Å². The van der Waals surface area contributed by atoms with Crippen molar-refractivity contribution in [2.75, 3.05) is 13.2 Å². The first kappa shape index (κ1) is 19.9. The fourth-order valence-corrected chi connectivity index (χ4v) is 4.92. The molecule has 1 unspecified atom stereocenters. The predicted octanol–water partition coefficient (Wildman–Crippen LogP) is 4.30. The monoisotopic (exact) mass is 404 g/mol. The highest BCUT2D eigenvalue weighted by molar-refractivity contribution is 8.00. The van der Waals surface area contributed by atoms with Gasteiger partial charge in [0.1, 0.15) is 10.4 Å². The Morgan fingerprint density at radius 3 is 2.74 bits per heavy atom. The molecule has 0 spiro atoms. The number of thioether (sulfide) groups is 1. The van der Waals surface area contributed by atoms with E-state index < -0.39 is 6.04 Å². The minimum absolute atomic E-state index is 0.0949. The molecule has 1 saturated heterocycles. The van der Waals surface area contributed by atoms with E-state index in [1.165, 1.54) is 0 Å². The summed E-state index contributed by atoms with van der Waals surface area (Å²) in [6.07, 6.45) is 2.54. The lowest BCUT2D eigenvalue weighted by Crippen LogP contribution is -2.48. The van der Waals surface area contributed by atoms with Crippen molar-refractivity contribution in [3.05, 3.63) is 46.5 Å². The number of piperidine rings is 1. The van der Waals surface area contributed by atoms with Gasteiger partial charge in [0.05, 0.1) is 6.61 Å². The van der Waals surface area contributed by atoms with Gasteiger partial charge in [-0.05, 0) is 50.8 Å². The average molecular weight is 405 g/mol. The van der Waals surface area contributed by atoms with Gasteiger partial charge in [-0.2, -0.15) is 0 Å². The first-order valence-electron chi connectivity index (χ1n) is 9.20. The van der Waals surface area contributed by atoms with Crippen LogP contribution in [0.25, 0.3) is 0 Å². The average Bonchev–Trinajstić information content (AvgIpc) is 3.11. The largest absolute Gasteiger partial charge is 0.464 e. The van der Waals surface area contributed by atoms with Crippen LogP contribution in [0.5, 0.6) is 0 Å². The van der Waals surface area contributed by atoms with Crippen LogP contribution in [0.4, 0.5) is 0 Å². The number of nitrogens with zero attached hydrogens (tertiary/aromatic N) is 2.